The summed E-state index contributed by atoms with van der Waals surface area (Å²) in [6.07, 6.45) is 6.04. The predicted octanol–water partition coefficient (Wildman–Crippen LogP) is 1.67. The molecule has 0 bridgehead atoms. The molecular formula is C10H19BO3. The molecule has 0 fully saturated rings. The van der Waals surface area contributed by atoms with Gasteiger partial charge in [-0.3, -0.25) is 0 Å². The van der Waals surface area contributed by atoms with E-state index in [0.717, 1.165) is 12.8 Å². The summed E-state index contributed by atoms with van der Waals surface area (Å²) >= 11 is 0. The molecule has 0 atom stereocenters. The highest BCUT2D eigenvalue weighted by atomic mass is 16.6. The maximum atomic E-state index is 8.41. The zero-order valence-electron chi connectivity index (χ0n) is 9.16. The van der Waals surface area contributed by atoms with E-state index in [1.54, 1.807) is 0 Å². The molecule has 0 aromatic carbocycles. The Morgan fingerprint density at radius 1 is 1.21 bits per heavy atom. The highest BCUT2D eigenvalue weighted by molar-refractivity contribution is 6.32. The van der Waals surface area contributed by atoms with Crippen LogP contribution in [0.25, 0.3) is 0 Å². The predicted molar refractivity (Wildman–Crippen MR) is 58.6 cm³/mol. The summed E-state index contributed by atoms with van der Waals surface area (Å²) in [7, 11) is -1.67. The molecule has 0 saturated heterocycles. The monoisotopic (exact) mass is 198 g/mol. The summed E-state index contributed by atoms with van der Waals surface area (Å²) in [5.41, 5.74) is 2.52. The molecule has 4 heteroatoms. The average Bonchev–Trinajstić information content (AvgIpc) is 2.02. The van der Waals surface area contributed by atoms with Gasteiger partial charge in [-0.1, -0.05) is 23.3 Å². The van der Waals surface area contributed by atoms with E-state index in [0.29, 0.717) is 0 Å². The molecule has 80 valence electrons. The van der Waals surface area contributed by atoms with Crippen molar-refractivity contribution >= 4 is 7.32 Å². The minimum absolute atomic E-state index is 0.248. The van der Waals surface area contributed by atoms with Crippen LogP contribution in [0, 0.1) is 0 Å². The van der Waals surface area contributed by atoms with Gasteiger partial charge in [-0.15, -0.1) is 0 Å². The Morgan fingerprint density at radius 2 is 1.86 bits per heavy atom. The zero-order chi connectivity index (χ0) is 11.0. The molecule has 0 aromatic rings. The van der Waals surface area contributed by atoms with E-state index < -0.39 is 7.32 Å². The van der Waals surface area contributed by atoms with Crippen molar-refractivity contribution in [2.45, 2.75) is 33.6 Å². The van der Waals surface area contributed by atoms with Crippen LogP contribution in [0.4, 0.5) is 0 Å². The minimum Gasteiger partial charge on any atom is -0.402 e. The van der Waals surface area contributed by atoms with E-state index in [9.17, 15) is 0 Å². The summed E-state index contributed by atoms with van der Waals surface area (Å²) in [5, 5.41) is 16.8. The molecule has 0 radical (unpaired) electrons. The van der Waals surface area contributed by atoms with Crippen molar-refractivity contribution < 1.29 is 14.7 Å². The topological polar surface area (TPSA) is 49.7 Å². The Balaban J connectivity index is 3.62. The number of hydrogen-bond donors (Lipinski definition) is 2. The lowest BCUT2D eigenvalue weighted by Gasteiger charge is -2.00. The number of hydrogen-bond acceptors (Lipinski definition) is 3. The van der Waals surface area contributed by atoms with Crippen LogP contribution in [0.1, 0.15) is 33.6 Å². The van der Waals surface area contributed by atoms with Crippen molar-refractivity contribution in [3.05, 3.63) is 23.3 Å². The van der Waals surface area contributed by atoms with Crippen LogP contribution < -0.4 is 0 Å². The smallest absolute Gasteiger partial charge is 0.402 e. The molecule has 3 nitrogen and oxygen atoms in total. The van der Waals surface area contributed by atoms with E-state index in [4.69, 9.17) is 10.0 Å². The Labute approximate surface area is 86.3 Å². The Hall–Kier alpha value is -0.575. The standard InChI is InChI=1S/C10H19BO3/c1-9(2)5-4-6-10(3)7-8-14-11(12)13/h5,7,12-13H,4,6,8H2,1-3H3/b10-7+. The van der Waals surface area contributed by atoms with Crippen molar-refractivity contribution in [3.63, 3.8) is 0 Å². The Morgan fingerprint density at radius 3 is 2.36 bits per heavy atom. The first-order valence-electron chi connectivity index (χ1n) is 4.79. The second-order valence-electron chi connectivity index (χ2n) is 3.53. The fourth-order valence-corrected chi connectivity index (χ4v) is 0.967. The van der Waals surface area contributed by atoms with E-state index in [1.807, 2.05) is 13.0 Å². The molecule has 14 heavy (non-hydrogen) atoms. The van der Waals surface area contributed by atoms with E-state index in [-0.39, 0.29) is 6.61 Å². The molecule has 0 spiro atoms. The summed E-state index contributed by atoms with van der Waals surface area (Å²) in [6, 6.07) is 0. The van der Waals surface area contributed by atoms with Crippen LogP contribution in [0.2, 0.25) is 0 Å². The van der Waals surface area contributed by atoms with Gasteiger partial charge in [0.1, 0.15) is 0 Å². The fourth-order valence-electron chi connectivity index (χ4n) is 0.967. The fraction of sp³-hybridized carbons (Fsp3) is 0.600. The molecule has 0 saturated carbocycles. The van der Waals surface area contributed by atoms with Gasteiger partial charge in [-0.2, -0.15) is 0 Å². The SMILES string of the molecule is CC(C)=CCC/C(C)=C/COB(O)O. The molecule has 0 amide bonds. The minimum atomic E-state index is -1.67. The van der Waals surface area contributed by atoms with Crippen LogP contribution in [0.5, 0.6) is 0 Å². The third-order valence-electron chi connectivity index (χ3n) is 1.77. The van der Waals surface area contributed by atoms with Crippen molar-refractivity contribution in [2.75, 3.05) is 6.61 Å². The lowest BCUT2D eigenvalue weighted by Crippen LogP contribution is -2.16. The Kier molecular flexibility index (Phi) is 7.47. The highest BCUT2D eigenvalue weighted by Gasteiger charge is 2.05. The van der Waals surface area contributed by atoms with Gasteiger partial charge in [0.2, 0.25) is 0 Å². The van der Waals surface area contributed by atoms with E-state index >= 15 is 0 Å². The molecule has 2 N–H and O–H groups in total. The molecule has 0 aliphatic heterocycles. The first-order valence-corrected chi connectivity index (χ1v) is 4.79. The van der Waals surface area contributed by atoms with Crippen molar-refractivity contribution in [1.29, 1.82) is 0 Å². The van der Waals surface area contributed by atoms with E-state index in [1.165, 1.54) is 11.1 Å². The first-order chi connectivity index (χ1) is 6.52. The molecule has 0 rings (SSSR count). The molecule has 0 aliphatic carbocycles. The molecule has 0 aliphatic rings. The summed E-state index contributed by atoms with van der Waals surface area (Å²) in [6.45, 7) is 6.40. The maximum Gasteiger partial charge on any atom is 0.634 e. The quantitative estimate of drug-likeness (QED) is 0.504. The summed E-state index contributed by atoms with van der Waals surface area (Å²) < 4.78 is 4.56. The van der Waals surface area contributed by atoms with Gasteiger partial charge in [0.05, 0.1) is 6.61 Å². The molecule has 0 aromatic heterocycles. The third-order valence-corrected chi connectivity index (χ3v) is 1.77. The summed E-state index contributed by atoms with van der Waals surface area (Å²) in [5.74, 6) is 0. The van der Waals surface area contributed by atoms with Gasteiger partial charge in [-0.25, -0.2) is 0 Å². The largest absolute Gasteiger partial charge is 0.634 e. The van der Waals surface area contributed by atoms with Gasteiger partial charge in [0.25, 0.3) is 0 Å². The van der Waals surface area contributed by atoms with Crippen molar-refractivity contribution in [3.8, 4) is 0 Å². The van der Waals surface area contributed by atoms with Gasteiger partial charge in [0, 0.05) is 0 Å². The van der Waals surface area contributed by atoms with Gasteiger partial charge in [-0.05, 0) is 33.6 Å². The van der Waals surface area contributed by atoms with Crippen LogP contribution in [-0.4, -0.2) is 24.0 Å². The van der Waals surface area contributed by atoms with Crippen molar-refractivity contribution in [2.24, 2.45) is 0 Å². The van der Waals surface area contributed by atoms with Crippen LogP contribution in [0.3, 0.4) is 0 Å². The van der Waals surface area contributed by atoms with Gasteiger partial charge < -0.3 is 14.7 Å². The zero-order valence-corrected chi connectivity index (χ0v) is 9.16. The molecule has 0 heterocycles. The second-order valence-corrected chi connectivity index (χ2v) is 3.53. The highest BCUT2D eigenvalue weighted by Crippen LogP contribution is 2.06. The second kappa shape index (κ2) is 7.79. The van der Waals surface area contributed by atoms with Crippen LogP contribution in [0.15, 0.2) is 23.3 Å². The third kappa shape index (κ3) is 9.51. The molecular weight excluding hydrogens is 179 g/mol. The average molecular weight is 198 g/mol. The van der Waals surface area contributed by atoms with Crippen molar-refractivity contribution in [1.82, 2.24) is 0 Å². The van der Waals surface area contributed by atoms with Gasteiger partial charge in [0.15, 0.2) is 0 Å². The van der Waals surface area contributed by atoms with E-state index in [2.05, 4.69) is 24.6 Å². The first kappa shape index (κ1) is 13.4. The normalized spacial score (nSPS) is 11.4. The van der Waals surface area contributed by atoms with Gasteiger partial charge >= 0.3 is 7.32 Å². The maximum absolute atomic E-state index is 8.41. The Bertz CT molecular complexity index is 205. The summed E-state index contributed by atoms with van der Waals surface area (Å²) in [4.78, 5) is 0. The van der Waals surface area contributed by atoms with Crippen LogP contribution >= 0.6 is 0 Å². The molecule has 0 unspecified atom stereocenters. The van der Waals surface area contributed by atoms with Crippen LogP contribution in [-0.2, 0) is 4.65 Å². The lowest BCUT2D eigenvalue weighted by atomic mass is 10.1. The number of allylic oxidation sites excluding steroid dienone is 3. The lowest BCUT2D eigenvalue weighted by molar-refractivity contribution is 0.206. The number of rotatable bonds is 6.